The van der Waals surface area contributed by atoms with Crippen molar-refractivity contribution in [2.75, 3.05) is 6.61 Å². The predicted molar refractivity (Wildman–Crippen MR) is 217 cm³/mol. The van der Waals surface area contributed by atoms with E-state index in [4.69, 9.17) is 21.1 Å². The van der Waals surface area contributed by atoms with Gasteiger partial charge in [0.15, 0.2) is 11.4 Å². The first-order chi connectivity index (χ1) is 31.1. The summed E-state index contributed by atoms with van der Waals surface area (Å²) in [7, 11) is 0. The van der Waals surface area contributed by atoms with Crippen LogP contribution in [0.5, 0.6) is 0 Å². The van der Waals surface area contributed by atoms with Crippen LogP contribution in [0.1, 0.15) is 75.4 Å². The van der Waals surface area contributed by atoms with Gasteiger partial charge in [-0.15, -0.1) is 0 Å². The monoisotopic (exact) mass is 952 g/mol. The van der Waals surface area contributed by atoms with Crippen molar-refractivity contribution < 1.29 is 63.4 Å². The molecule has 0 saturated heterocycles. The Bertz CT molecular complexity index is 2600. The fourth-order valence-corrected chi connectivity index (χ4v) is 7.63. The number of carbonyl (C=O) groups excluding carboxylic acids is 3. The number of hydrogen-bond donors (Lipinski definition) is 1. The van der Waals surface area contributed by atoms with Crippen LogP contribution in [0.15, 0.2) is 96.6 Å². The number of halogens is 10. The lowest BCUT2D eigenvalue weighted by molar-refractivity contribution is -0.218. The molecule has 1 saturated carbocycles. The van der Waals surface area contributed by atoms with Crippen molar-refractivity contribution in [1.29, 1.82) is 0 Å². The van der Waals surface area contributed by atoms with Gasteiger partial charge in [0, 0.05) is 22.7 Å². The van der Waals surface area contributed by atoms with Gasteiger partial charge >= 0.3 is 31.3 Å². The number of esters is 1. The first-order valence-electron chi connectivity index (χ1n) is 20.0. The van der Waals surface area contributed by atoms with E-state index in [2.05, 4.69) is 25.4 Å². The minimum Gasteiger partial charge on any atom is -0.463 e. The SMILES string of the molecule is CC(C)(C[C@]1(c2ccc(-c3cn(C(F)F)cn3)cc2)N=C(NC(=O)OCc2ccccc2)N([C@H](COC(=O)CC2(C(F)F)CC2)c2ccc(Cl)c(-c3ncnn3C(F)F)c2)C1=O)C(F)(F)F. The van der Waals surface area contributed by atoms with Crippen molar-refractivity contribution in [3.63, 3.8) is 0 Å². The molecule has 2 atom stereocenters. The molecule has 2 aliphatic rings. The largest absolute Gasteiger partial charge is 0.463 e. The van der Waals surface area contributed by atoms with Gasteiger partial charge in [0.25, 0.3) is 5.91 Å². The van der Waals surface area contributed by atoms with E-state index in [1.165, 1.54) is 36.4 Å². The number of amides is 2. The fourth-order valence-electron chi connectivity index (χ4n) is 7.43. The number of nitrogens with zero attached hydrogens (tertiary/aromatic N) is 7. The van der Waals surface area contributed by atoms with Gasteiger partial charge in [0.1, 0.15) is 19.5 Å². The van der Waals surface area contributed by atoms with E-state index in [0.717, 1.165) is 43.7 Å². The summed E-state index contributed by atoms with van der Waals surface area (Å²) in [5, 5.41) is 5.71. The highest BCUT2D eigenvalue weighted by Gasteiger charge is 2.60. The van der Waals surface area contributed by atoms with E-state index in [1.54, 1.807) is 30.3 Å². The number of nitrogens with one attached hydrogen (secondary N) is 1. The molecule has 23 heteroatoms. The fraction of sp³-hybridized carbons (Fsp3) is 0.372. The molecule has 7 rings (SSSR count). The average molecular weight is 953 g/mol. The van der Waals surface area contributed by atoms with Crippen molar-refractivity contribution in [3.05, 3.63) is 113 Å². The Morgan fingerprint density at radius 3 is 2.21 bits per heavy atom. The summed E-state index contributed by atoms with van der Waals surface area (Å²) in [4.78, 5) is 55.5. The maximum absolute atomic E-state index is 15.5. The zero-order chi connectivity index (χ0) is 47.8. The molecule has 5 aromatic rings. The van der Waals surface area contributed by atoms with Crippen LogP contribution in [0.2, 0.25) is 5.02 Å². The van der Waals surface area contributed by atoms with Gasteiger partial charge in [0.2, 0.25) is 12.4 Å². The normalized spacial score (nSPS) is 17.7. The van der Waals surface area contributed by atoms with Crippen molar-refractivity contribution in [2.24, 2.45) is 15.8 Å². The standard InChI is InChI=1S/C43H38ClF9N8O5/c1-40(2,43(51,52)53)21-42(27-11-8-25(9-12-27)30-18-59(23-55-30)36(47)48)35(63)60(38(58-42)57-39(64)66-19-24-6-4-3-5-7-24)31(20-65-32(62)17-41(14-15-41)34(45)46)26-10-13-29(44)28(16-26)33-54-22-56-61(33)37(49)50/h3-13,16,18,22-23,31,34,36-37H,14-15,17,19-21H2,1-2H3,(H,57,58,64)/t31-,42-/m1/s1. The minimum absolute atomic E-state index is 0.00932. The Morgan fingerprint density at radius 1 is 0.909 bits per heavy atom. The Labute approximate surface area is 374 Å². The van der Waals surface area contributed by atoms with Crippen LogP contribution >= 0.6 is 11.6 Å². The number of benzene rings is 3. The van der Waals surface area contributed by atoms with Gasteiger partial charge in [-0.25, -0.2) is 28.5 Å². The second-order valence-corrected chi connectivity index (χ2v) is 16.8. The number of guanidine groups is 1. The number of carbonyl (C=O) groups is 3. The smallest absolute Gasteiger partial charge is 0.414 e. The van der Waals surface area contributed by atoms with Crippen LogP contribution in [-0.2, 0) is 31.2 Å². The molecule has 2 aromatic heterocycles. The summed E-state index contributed by atoms with van der Waals surface area (Å²) < 4.78 is 139. The van der Waals surface area contributed by atoms with E-state index in [1.807, 2.05) is 0 Å². The van der Waals surface area contributed by atoms with Gasteiger partial charge in [0.05, 0.1) is 34.9 Å². The van der Waals surface area contributed by atoms with Crippen LogP contribution in [0.25, 0.3) is 22.6 Å². The second-order valence-electron chi connectivity index (χ2n) is 16.4. The Kier molecular flexibility index (Phi) is 13.3. The maximum Gasteiger partial charge on any atom is 0.414 e. The molecule has 0 bridgehead atoms. The number of rotatable bonds is 16. The van der Waals surface area contributed by atoms with Gasteiger partial charge in [-0.05, 0) is 48.1 Å². The summed E-state index contributed by atoms with van der Waals surface area (Å²) >= 11 is 6.48. The van der Waals surface area contributed by atoms with Crippen LogP contribution in [0.3, 0.4) is 0 Å². The Morgan fingerprint density at radius 2 is 1.61 bits per heavy atom. The third-order valence-corrected chi connectivity index (χ3v) is 11.7. The van der Waals surface area contributed by atoms with Gasteiger partial charge in [-0.3, -0.25) is 24.4 Å². The number of aromatic nitrogens is 5. The van der Waals surface area contributed by atoms with E-state index < -0.39 is 97.3 Å². The number of alkyl carbamates (subject to hydrolysis) is 1. The molecule has 1 fully saturated rings. The Balaban J connectivity index is 1.38. The summed E-state index contributed by atoms with van der Waals surface area (Å²) in [6.07, 6.45) is -8.29. The highest BCUT2D eigenvalue weighted by Crippen LogP contribution is 2.54. The number of aliphatic imine (C=N–C) groups is 1. The lowest BCUT2D eigenvalue weighted by Crippen LogP contribution is -2.50. The zero-order valence-electron chi connectivity index (χ0n) is 34.7. The molecule has 3 heterocycles. The highest BCUT2D eigenvalue weighted by atomic mass is 35.5. The van der Waals surface area contributed by atoms with E-state index in [-0.39, 0.29) is 57.1 Å². The first kappa shape index (κ1) is 47.5. The van der Waals surface area contributed by atoms with Crippen LogP contribution < -0.4 is 5.32 Å². The summed E-state index contributed by atoms with van der Waals surface area (Å²) in [5.74, 6) is -3.58. The number of hydrogen-bond acceptors (Lipinski definition) is 9. The second kappa shape index (κ2) is 18.4. The summed E-state index contributed by atoms with van der Waals surface area (Å²) in [5.41, 5.74) is -6.70. The molecule has 13 nitrogen and oxygen atoms in total. The van der Waals surface area contributed by atoms with Crippen LogP contribution in [-0.4, -0.2) is 72.4 Å². The Hall–Kier alpha value is -6.45. The number of imidazole rings is 1. The van der Waals surface area contributed by atoms with Crippen molar-refractivity contribution in [1.82, 2.24) is 34.5 Å². The van der Waals surface area contributed by atoms with E-state index in [0.29, 0.717) is 10.1 Å². The third-order valence-electron chi connectivity index (χ3n) is 11.4. The molecule has 1 N–H and O–H groups in total. The van der Waals surface area contributed by atoms with Crippen molar-refractivity contribution in [2.45, 2.75) is 83.4 Å². The quantitative estimate of drug-likeness (QED) is 0.0760. The van der Waals surface area contributed by atoms with Crippen molar-refractivity contribution >= 4 is 35.5 Å². The average Bonchev–Trinajstić information content (AvgIpc) is 3.55. The van der Waals surface area contributed by atoms with Crippen molar-refractivity contribution in [3.8, 4) is 22.6 Å². The highest BCUT2D eigenvalue weighted by molar-refractivity contribution is 6.33. The third kappa shape index (κ3) is 9.73. The summed E-state index contributed by atoms with van der Waals surface area (Å²) in [6, 6.07) is 15.3. The zero-order valence-corrected chi connectivity index (χ0v) is 35.4. The first-order valence-corrected chi connectivity index (χ1v) is 20.3. The lowest BCUT2D eigenvalue weighted by Gasteiger charge is -2.37. The van der Waals surface area contributed by atoms with Gasteiger partial charge < -0.3 is 9.47 Å². The number of alkyl halides is 9. The molecular formula is C43H38ClF9N8O5. The lowest BCUT2D eigenvalue weighted by atomic mass is 9.74. The molecule has 350 valence electrons. The summed E-state index contributed by atoms with van der Waals surface area (Å²) in [6.45, 7) is -5.79. The predicted octanol–water partition coefficient (Wildman–Crippen LogP) is 10.3. The molecule has 2 amide bonds. The molecule has 0 radical (unpaired) electrons. The topological polar surface area (TPSA) is 146 Å². The van der Waals surface area contributed by atoms with E-state index in [9.17, 15) is 49.1 Å². The van der Waals surface area contributed by atoms with Crippen LogP contribution in [0, 0.1) is 10.8 Å². The van der Waals surface area contributed by atoms with Gasteiger partial charge in [-0.2, -0.15) is 40.5 Å². The maximum atomic E-state index is 15.5. The minimum atomic E-state index is -4.99. The molecule has 1 aliphatic carbocycles. The number of ether oxygens (including phenoxy) is 2. The molecule has 66 heavy (non-hydrogen) atoms. The molecule has 0 spiro atoms. The molecule has 0 unspecified atom stereocenters. The molecule has 3 aromatic carbocycles. The van der Waals surface area contributed by atoms with Gasteiger partial charge in [-0.1, -0.05) is 86.1 Å². The molecule has 1 aliphatic heterocycles. The molecular weight excluding hydrogens is 915 g/mol. The van der Waals surface area contributed by atoms with E-state index >= 15 is 4.79 Å². The van der Waals surface area contributed by atoms with Crippen LogP contribution in [0.4, 0.5) is 44.3 Å².